The summed E-state index contributed by atoms with van der Waals surface area (Å²) in [4.78, 5) is 11.3. The number of ketones is 1. The van der Waals surface area contributed by atoms with E-state index in [1.165, 1.54) is 11.2 Å². The number of hydrogen-bond acceptors (Lipinski definition) is 4. The molecule has 2 rings (SSSR count). The van der Waals surface area contributed by atoms with E-state index in [0.717, 1.165) is 6.26 Å². The van der Waals surface area contributed by atoms with Crippen LogP contribution < -0.4 is 4.31 Å². The Morgan fingerprint density at radius 1 is 1.13 bits per heavy atom. The fourth-order valence-electron chi connectivity index (χ4n) is 2.18. The Morgan fingerprint density at radius 2 is 1.74 bits per heavy atom. The van der Waals surface area contributed by atoms with E-state index in [9.17, 15) is 13.2 Å². The van der Waals surface area contributed by atoms with Gasteiger partial charge in [0.15, 0.2) is 5.78 Å². The highest BCUT2D eigenvalue weighted by Gasteiger charge is 2.19. The molecule has 23 heavy (non-hydrogen) atoms. The normalized spacial score (nSPS) is 10.8. The molecule has 118 valence electrons. The number of carbonyl (C=O) groups is 1. The maximum absolute atomic E-state index is 12.1. The lowest BCUT2D eigenvalue weighted by molar-refractivity contribution is 0.101. The van der Waals surface area contributed by atoms with E-state index in [4.69, 9.17) is 5.26 Å². The third kappa shape index (κ3) is 3.96. The van der Waals surface area contributed by atoms with Gasteiger partial charge in [-0.1, -0.05) is 18.2 Å². The van der Waals surface area contributed by atoms with Gasteiger partial charge in [-0.05, 0) is 42.8 Å². The molecule has 0 heterocycles. The fourth-order valence-corrected chi connectivity index (χ4v) is 3.06. The lowest BCUT2D eigenvalue weighted by Crippen LogP contribution is -2.29. The number of rotatable bonds is 5. The van der Waals surface area contributed by atoms with Gasteiger partial charge in [0.1, 0.15) is 0 Å². The summed E-state index contributed by atoms with van der Waals surface area (Å²) < 4.78 is 25.5. The molecule has 0 radical (unpaired) electrons. The zero-order valence-corrected chi connectivity index (χ0v) is 13.7. The van der Waals surface area contributed by atoms with Crippen molar-refractivity contribution >= 4 is 21.5 Å². The molecule has 0 fully saturated rings. The van der Waals surface area contributed by atoms with Crippen molar-refractivity contribution in [3.8, 4) is 6.07 Å². The fraction of sp³-hybridized carbons (Fsp3) is 0.176. The standard InChI is InChI=1S/C17H16N2O3S/c1-13(20)14-7-9-17(10-8-14)19(23(2,21)22)12-16-6-4-3-5-15(16)11-18/h3-10H,12H2,1-2H3. The first-order valence-corrected chi connectivity index (χ1v) is 8.74. The molecular weight excluding hydrogens is 312 g/mol. The highest BCUT2D eigenvalue weighted by atomic mass is 32.2. The van der Waals surface area contributed by atoms with Crippen LogP contribution in [0.15, 0.2) is 48.5 Å². The van der Waals surface area contributed by atoms with Gasteiger partial charge in [0.05, 0.1) is 30.1 Å². The smallest absolute Gasteiger partial charge is 0.232 e. The third-order valence-corrected chi connectivity index (χ3v) is 4.55. The van der Waals surface area contributed by atoms with Crippen LogP contribution in [0.3, 0.4) is 0 Å². The van der Waals surface area contributed by atoms with Crippen LogP contribution in [0, 0.1) is 11.3 Å². The first-order valence-electron chi connectivity index (χ1n) is 6.89. The summed E-state index contributed by atoms with van der Waals surface area (Å²) in [6.45, 7) is 1.51. The predicted octanol–water partition coefficient (Wildman–Crippen LogP) is 2.73. The summed E-state index contributed by atoms with van der Waals surface area (Å²) in [5.41, 5.74) is 2.02. The zero-order valence-electron chi connectivity index (χ0n) is 12.9. The van der Waals surface area contributed by atoms with Crippen LogP contribution >= 0.6 is 0 Å². The summed E-state index contributed by atoms with van der Waals surface area (Å²) in [6.07, 6.45) is 1.11. The van der Waals surface area contributed by atoms with Crippen molar-refractivity contribution in [3.05, 3.63) is 65.2 Å². The number of nitrogens with zero attached hydrogens (tertiary/aromatic N) is 2. The molecule has 6 heteroatoms. The van der Waals surface area contributed by atoms with Crippen LogP contribution in [0.4, 0.5) is 5.69 Å². The second-order valence-corrected chi connectivity index (χ2v) is 7.05. The molecule has 0 bridgehead atoms. The van der Waals surface area contributed by atoms with Gasteiger partial charge in [0, 0.05) is 5.56 Å². The van der Waals surface area contributed by atoms with Crippen LogP contribution in [0.2, 0.25) is 0 Å². The minimum absolute atomic E-state index is 0.0575. The number of carbonyl (C=O) groups excluding carboxylic acids is 1. The van der Waals surface area contributed by atoms with E-state index >= 15 is 0 Å². The van der Waals surface area contributed by atoms with Crippen molar-refractivity contribution in [2.24, 2.45) is 0 Å². The predicted molar refractivity (Wildman–Crippen MR) is 88.6 cm³/mol. The summed E-state index contributed by atoms with van der Waals surface area (Å²) in [5, 5.41) is 9.15. The van der Waals surface area contributed by atoms with Crippen LogP contribution in [-0.2, 0) is 16.6 Å². The van der Waals surface area contributed by atoms with Crippen molar-refractivity contribution in [1.82, 2.24) is 0 Å². The number of sulfonamides is 1. The van der Waals surface area contributed by atoms with Gasteiger partial charge in [-0.2, -0.15) is 5.26 Å². The molecule has 0 unspecified atom stereocenters. The van der Waals surface area contributed by atoms with Gasteiger partial charge in [0.2, 0.25) is 10.0 Å². The maximum Gasteiger partial charge on any atom is 0.232 e. The van der Waals surface area contributed by atoms with Gasteiger partial charge < -0.3 is 0 Å². The van der Waals surface area contributed by atoms with E-state index in [-0.39, 0.29) is 12.3 Å². The second kappa shape index (κ2) is 6.63. The average molecular weight is 328 g/mol. The number of anilines is 1. The van der Waals surface area contributed by atoms with E-state index in [0.29, 0.717) is 22.4 Å². The number of nitriles is 1. The van der Waals surface area contributed by atoms with E-state index in [1.807, 2.05) is 0 Å². The Kier molecular flexibility index (Phi) is 4.82. The molecule has 0 atom stereocenters. The molecule has 0 aromatic heterocycles. The molecule has 0 N–H and O–H groups in total. The van der Waals surface area contributed by atoms with Gasteiger partial charge in [-0.3, -0.25) is 9.10 Å². The average Bonchev–Trinajstić information content (AvgIpc) is 2.52. The largest absolute Gasteiger partial charge is 0.295 e. The minimum atomic E-state index is -3.54. The van der Waals surface area contributed by atoms with Crippen molar-refractivity contribution in [2.75, 3.05) is 10.6 Å². The summed E-state index contributed by atoms with van der Waals surface area (Å²) in [7, 11) is -3.54. The highest BCUT2D eigenvalue weighted by Crippen LogP contribution is 2.22. The molecule has 5 nitrogen and oxygen atoms in total. The van der Waals surface area contributed by atoms with Crippen LogP contribution in [-0.4, -0.2) is 20.5 Å². The molecule has 0 saturated carbocycles. The zero-order chi connectivity index (χ0) is 17.0. The van der Waals surface area contributed by atoms with E-state index < -0.39 is 10.0 Å². The van der Waals surface area contributed by atoms with Crippen LogP contribution in [0.1, 0.15) is 28.4 Å². The molecule has 2 aromatic carbocycles. The highest BCUT2D eigenvalue weighted by molar-refractivity contribution is 7.92. The Balaban J connectivity index is 2.43. The minimum Gasteiger partial charge on any atom is -0.295 e. The number of benzene rings is 2. The van der Waals surface area contributed by atoms with Gasteiger partial charge in [-0.25, -0.2) is 8.42 Å². The molecule has 0 aliphatic rings. The van der Waals surface area contributed by atoms with E-state index in [2.05, 4.69) is 6.07 Å². The van der Waals surface area contributed by atoms with Gasteiger partial charge in [0.25, 0.3) is 0 Å². The third-order valence-electron chi connectivity index (χ3n) is 3.41. The molecule has 0 spiro atoms. The lowest BCUT2D eigenvalue weighted by atomic mass is 10.1. The van der Waals surface area contributed by atoms with E-state index in [1.54, 1.807) is 48.5 Å². The molecule has 0 aliphatic carbocycles. The van der Waals surface area contributed by atoms with Crippen molar-refractivity contribution in [2.45, 2.75) is 13.5 Å². The molecule has 0 aliphatic heterocycles. The van der Waals surface area contributed by atoms with Crippen LogP contribution in [0.5, 0.6) is 0 Å². The lowest BCUT2D eigenvalue weighted by Gasteiger charge is -2.23. The first-order chi connectivity index (χ1) is 10.8. The van der Waals surface area contributed by atoms with Crippen LogP contribution in [0.25, 0.3) is 0 Å². The monoisotopic (exact) mass is 328 g/mol. The first kappa shape index (κ1) is 16.7. The number of hydrogen-bond donors (Lipinski definition) is 0. The summed E-state index contributed by atoms with van der Waals surface area (Å²) in [6, 6.07) is 15.3. The molecule has 2 aromatic rings. The van der Waals surface area contributed by atoms with Crippen molar-refractivity contribution in [3.63, 3.8) is 0 Å². The SMILES string of the molecule is CC(=O)c1ccc(N(Cc2ccccc2C#N)S(C)(=O)=O)cc1. The summed E-state index contributed by atoms with van der Waals surface area (Å²) >= 11 is 0. The Labute approximate surface area is 135 Å². The quantitative estimate of drug-likeness (QED) is 0.791. The van der Waals surface area contributed by atoms with Crippen molar-refractivity contribution in [1.29, 1.82) is 5.26 Å². The molecular formula is C17H16N2O3S. The Bertz CT molecular complexity index is 865. The van der Waals surface area contributed by atoms with Crippen molar-refractivity contribution < 1.29 is 13.2 Å². The Morgan fingerprint density at radius 3 is 2.26 bits per heavy atom. The topological polar surface area (TPSA) is 78.2 Å². The van der Waals surface area contributed by atoms with Gasteiger partial charge in [-0.15, -0.1) is 0 Å². The number of Topliss-reactive ketones (excluding diaryl/α,β-unsaturated/α-hetero) is 1. The maximum atomic E-state index is 12.1. The van der Waals surface area contributed by atoms with Gasteiger partial charge >= 0.3 is 0 Å². The molecule has 0 amide bonds. The Hall–Kier alpha value is -2.65. The molecule has 0 saturated heterocycles. The second-order valence-electron chi connectivity index (χ2n) is 5.14. The summed E-state index contributed by atoms with van der Waals surface area (Å²) in [5.74, 6) is -0.0859.